The molecule has 2 aromatic rings. The molecular weight excluding hydrogens is 404 g/mol. The van der Waals surface area contributed by atoms with Gasteiger partial charge in [-0.15, -0.1) is 11.3 Å². The molecule has 3 amide bonds. The summed E-state index contributed by atoms with van der Waals surface area (Å²) in [7, 11) is 0. The molecule has 3 heterocycles. The second-order valence-electron chi connectivity index (χ2n) is 6.02. The van der Waals surface area contributed by atoms with Crippen LogP contribution in [0.4, 0.5) is 10.0 Å². The first-order valence-corrected chi connectivity index (χ1v) is 9.82. The lowest BCUT2D eigenvalue weighted by Crippen LogP contribution is -2.34. The molecule has 3 N–H and O–H groups in total. The third-order valence-electron chi connectivity index (χ3n) is 4.18. The Labute approximate surface area is 167 Å². The lowest BCUT2D eigenvalue weighted by Gasteiger charge is -2.25. The van der Waals surface area contributed by atoms with Crippen LogP contribution < -0.4 is 11.1 Å². The van der Waals surface area contributed by atoms with Crippen LogP contribution in [0.25, 0.3) is 6.08 Å². The maximum absolute atomic E-state index is 12.2. The highest BCUT2D eigenvalue weighted by Crippen LogP contribution is 2.37. The highest BCUT2D eigenvalue weighted by atomic mass is 32.1. The lowest BCUT2D eigenvalue weighted by molar-refractivity contribution is -0.380. The number of amides is 3. The molecule has 0 aromatic carbocycles. The van der Waals surface area contributed by atoms with Gasteiger partial charge in [0.2, 0.25) is 11.8 Å². The second-order valence-corrected chi connectivity index (χ2v) is 8.22. The van der Waals surface area contributed by atoms with Crippen LogP contribution in [0.3, 0.4) is 0 Å². The van der Waals surface area contributed by atoms with Crippen molar-refractivity contribution in [1.82, 2.24) is 4.90 Å². The molecule has 3 rings (SSSR count). The zero-order valence-corrected chi connectivity index (χ0v) is 16.4. The summed E-state index contributed by atoms with van der Waals surface area (Å²) in [6, 6.07) is 2.91. The van der Waals surface area contributed by atoms with E-state index in [1.165, 1.54) is 36.5 Å². The summed E-state index contributed by atoms with van der Waals surface area (Å²) >= 11 is 2.17. The summed E-state index contributed by atoms with van der Waals surface area (Å²) in [5.41, 5.74) is 6.55. The van der Waals surface area contributed by atoms with Gasteiger partial charge in [-0.05, 0) is 24.1 Å². The van der Waals surface area contributed by atoms with Crippen LogP contribution in [-0.2, 0) is 22.6 Å². The number of nitrogens with two attached hydrogens (primary N) is 1. The van der Waals surface area contributed by atoms with E-state index in [1.807, 2.05) is 0 Å². The average Bonchev–Trinajstić information content (AvgIpc) is 3.23. The third-order valence-corrected chi connectivity index (χ3v) is 6.31. The molecular formula is C17H16N4O5S2. The highest BCUT2D eigenvalue weighted by Gasteiger charge is 2.28. The van der Waals surface area contributed by atoms with Gasteiger partial charge in [-0.1, -0.05) is 11.3 Å². The van der Waals surface area contributed by atoms with Gasteiger partial charge >= 0.3 is 5.00 Å². The summed E-state index contributed by atoms with van der Waals surface area (Å²) in [5, 5.41) is 13.7. The van der Waals surface area contributed by atoms with E-state index < -0.39 is 16.7 Å². The molecule has 9 nitrogen and oxygen atoms in total. The molecule has 146 valence electrons. The van der Waals surface area contributed by atoms with Gasteiger partial charge in [-0.25, -0.2) is 0 Å². The van der Waals surface area contributed by atoms with Gasteiger partial charge in [0.05, 0.1) is 17.0 Å². The van der Waals surface area contributed by atoms with Crippen LogP contribution in [0.5, 0.6) is 0 Å². The highest BCUT2D eigenvalue weighted by molar-refractivity contribution is 7.17. The first-order valence-electron chi connectivity index (χ1n) is 8.19. The second kappa shape index (κ2) is 7.90. The fourth-order valence-electron chi connectivity index (χ4n) is 2.86. The van der Waals surface area contributed by atoms with E-state index in [0.717, 1.165) is 21.8 Å². The number of rotatable bonds is 5. The van der Waals surface area contributed by atoms with E-state index >= 15 is 0 Å². The number of hydrogen-bond donors (Lipinski definition) is 2. The van der Waals surface area contributed by atoms with E-state index in [2.05, 4.69) is 5.32 Å². The molecule has 0 atom stereocenters. The Balaban J connectivity index is 1.78. The smallest absolute Gasteiger partial charge is 0.324 e. The summed E-state index contributed by atoms with van der Waals surface area (Å²) in [4.78, 5) is 49.0. The number of carbonyl (C=O) groups is 3. The first-order chi connectivity index (χ1) is 13.3. The van der Waals surface area contributed by atoms with E-state index in [0.29, 0.717) is 29.4 Å². The molecule has 2 aromatic heterocycles. The van der Waals surface area contributed by atoms with Crippen molar-refractivity contribution in [3.63, 3.8) is 0 Å². The van der Waals surface area contributed by atoms with Crippen LogP contribution in [0.1, 0.15) is 32.6 Å². The standard InChI is InChI=1S/C17H16N4O5S2/c1-9(22)20-7-6-11-12(8-20)28-17(15(11)16(18)24)19-13(23)4-2-10-3-5-14(27-10)21(25)26/h2-5H,6-8H2,1H3,(H2,18,24)(H,19,23). The Morgan fingerprint density at radius 2 is 2.07 bits per heavy atom. The first kappa shape index (κ1) is 19.7. The Hall–Kier alpha value is -3.05. The van der Waals surface area contributed by atoms with Crippen molar-refractivity contribution < 1.29 is 19.3 Å². The predicted molar refractivity (Wildman–Crippen MR) is 106 cm³/mol. The number of carbonyl (C=O) groups excluding carboxylic acids is 3. The summed E-state index contributed by atoms with van der Waals surface area (Å²) in [6.07, 6.45) is 3.19. The molecule has 0 fully saturated rings. The minimum Gasteiger partial charge on any atom is -0.365 e. The minimum atomic E-state index is -0.637. The third kappa shape index (κ3) is 4.10. The zero-order valence-electron chi connectivity index (χ0n) is 14.8. The quantitative estimate of drug-likeness (QED) is 0.435. The van der Waals surface area contributed by atoms with E-state index in [4.69, 9.17) is 5.73 Å². The predicted octanol–water partition coefficient (Wildman–Crippen LogP) is 2.37. The SMILES string of the molecule is CC(=O)N1CCc2c(sc(NC(=O)C=Cc3ccc([N+](=O)[O-])s3)c2C(N)=O)C1. The van der Waals surface area contributed by atoms with Crippen molar-refractivity contribution in [3.8, 4) is 0 Å². The summed E-state index contributed by atoms with van der Waals surface area (Å²) in [6.45, 7) is 2.35. The minimum absolute atomic E-state index is 0.0166. The van der Waals surface area contributed by atoms with Crippen molar-refractivity contribution >= 4 is 56.5 Å². The molecule has 0 aliphatic carbocycles. The number of nitro groups is 1. The van der Waals surface area contributed by atoms with Crippen LogP contribution in [0, 0.1) is 10.1 Å². The number of fused-ring (bicyclic) bond motifs is 1. The number of anilines is 1. The fourth-order valence-corrected chi connectivity index (χ4v) is 4.86. The van der Waals surface area contributed by atoms with Crippen LogP contribution in [0.2, 0.25) is 0 Å². The number of thiophene rings is 2. The maximum atomic E-state index is 12.2. The molecule has 1 aliphatic heterocycles. The average molecular weight is 420 g/mol. The molecule has 1 aliphatic rings. The zero-order chi connectivity index (χ0) is 20.4. The van der Waals surface area contributed by atoms with Gasteiger partial charge in [0, 0.05) is 35.4 Å². The topological polar surface area (TPSA) is 136 Å². The molecule has 0 spiro atoms. The van der Waals surface area contributed by atoms with Crippen molar-refractivity contribution in [3.05, 3.63) is 49.2 Å². The van der Waals surface area contributed by atoms with Gasteiger partial charge in [0.15, 0.2) is 0 Å². The Kier molecular flexibility index (Phi) is 5.56. The fraction of sp³-hybridized carbons (Fsp3) is 0.235. The number of hydrogen-bond acceptors (Lipinski definition) is 7. The molecule has 0 radical (unpaired) electrons. The summed E-state index contributed by atoms with van der Waals surface area (Å²) in [5.74, 6) is -1.18. The van der Waals surface area contributed by atoms with Gasteiger partial charge < -0.3 is 16.0 Å². The maximum Gasteiger partial charge on any atom is 0.324 e. The Morgan fingerprint density at radius 3 is 2.68 bits per heavy atom. The van der Waals surface area contributed by atoms with Crippen LogP contribution >= 0.6 is 22.7 Å². The lowest BCUT2D eigenvalue weighted by atomic mass is 10.0. The Bertz CT molecular complexity index is 1010. The van der Waals surface area contributed by atoms with Crippen molar-refractivity contribution in [2.45, 2.75) is 19.9 Å². The van der Waals surface area contributed by atoms with E-state index in [1.54, 1.807) is 11.0 Å². The number of primary amides is 1. The van der Waals surface area contributed by atoms with Crippen LogP contribution in [0.15, 0.2) is 18.2 Å². The van der Waals surface area contributed by atoms with Crippen molar-refractivity contribution in [2.75, 3.05) is 11.9 Å². The van der Waals surface area contributed by atoms with Gasteiger partial charge in [-0.2, -0.15) is 0 Å². The molecule has 0 saturated carbocycles. The molecule has 0 bridgehead atoms. The number of nitrogens with zero attached hydrogens (tertiary/aromatic N) is 2. The summed E-state index contributed by atoms with van der Waals surface area (Å²) < 4.78 is 0. The largest absolute Gasteiger partial charge is 0.365 e. The molecule has 11 heteroatoms. The molecule has 0 unspecified atom stereocenters. The Morgan fingerprint density at radius 1 is 1.32 bits per heavy atom. The van der Waals surface area contributed by atoms with Gasteiger partial charge in [-0.3, -0.25) is 24.5 Å². The van der Waals surface area contributed by atoms with Gasteiger partial charge in [0.1, 0.15) is 5.00 Å². The van der Waals surface area contributed by atoms with E-state index in [9.17, 15) is 24.5 Å². The van der Waals surface area contributed by atoms with Crippen molar-refractivity contribution in [2.24, 2.45) is 5.73 Å². The molecule has 0 saturated heterocycles. The monoisotopic (exact) mass is 420 g/mol. The molecule has 28 heavy (non-hydrogen) atoms. The van der Waals surface area contributed by atoms with Crippen molar-refractivity contribution in [1.29, 1.82) is 0 Å². The van der Waals surface area contributed by atoms with E-state index in [-0.39, 0.29) is 16.5 Å². The number of nitrogens with one attached hydrogen (secondary N) is 1. The van der Waals surface area contributed by atoms with Gasteiger partial charge in [0.25, 0.3) is 5.91 Å². The van der Waals surface area contributed by atoms with Crippen LogP contribution in [-0.4, -0.2) is 34.1 Å². The normalized spacial score (nSPS) is 13.4.